The second kappa shape index (κ2) is 4.89. The predicted octanol–water partition coefficient (Wildman–Crippen LogP) is 0.513. The van der Waals surface area contributed by atoms with E-state index in [4.69, 9.17) is 10.5 Å². The zero-order valence-electron chi connectivity index (χ0n) is 8.03. The molecule has 0 saturated carbocycles. The smallest absolute Gasteiger partial charge is 0.154 e. The Bertz CT molecular complexity index is 263. The van der Waals surface area contributed by atoms with Gasteiger partial charge in [-0.25, -0.2) is 9.97 Å². The van der Waals surface area contributed by atoms with Gasteiger partial charge in [0.1, 0.15) is 6.61 Å². The summed E-state index contributed by atoms with van der Waals surface area (Å²) in [6.45, 7) is 2.41. The normalized spacial score (nSPS) is 12.8. The lowest BCUT2D eigenvalue weighted by molar-refractivity contribution is 0.177. The van der Waals surface area contributed by atoms with Crippen molar-refractivity contribution in [1.82, 2.24) is 9.97 Å². The molecule has 0 spiro atoms. The summed E-state index contributed by atoms with van der Waals surface area (Å²) in [5, 5.41) is 0. The Hall–Kier alpha value is -1.00. The van der Waals surface area contributed by atoms with Crippen LogP contribution in [0.2, 0.25) is 0 Å². The maximum Gasteiger partial charge on any atom is 0.154 e. The number of hydrogen-bond donors (Lipinski definition) is 1. The van der Waals surface area contributed by atoms with Crippen molar-refractivity contribution in [3.63, 3.8) is 0 Å². The summed E-state index contributed by atoms with van der Waals surface area (Å²) in [5.41, 5.74) is 6.63. The van der Waals surface area contributed by atoms with Gasteiger partial charge in [-0.1, -0.05) is 0 Å². The molecule has 1 unspecified atom stereocenters. The van der Waals surface area contributed by atoms with Gasteiger partial charge in [-0.3, -0.25) is 0 Å². The van der Waals surface area contributed by atoms with Crippen LogP contribution < -0.4 is 5.73 Å². The third-order valence-electron chi connectivity index (χ3n) is 1.57. The molecule has 0 saturated heterocycles. The lowest BCUT2D eigenvalue weighted by Crippen LogP contribution is -2.19. The van der Waals surface area contributed by atoms with E-state index in [0.717, 1.165) is 12.1 Å². The van der Waals surface area contributed by atoms with E-state index >= 15 is 0 Å². The van der Waals surface area contributed by atoms with E-state index in [1.807, 2.05) is 13.0 Å². The van der Waals surface area contributed by atoms with Crippen molar-refractivity contribution in [3.8, 4) is 0 Å². The van der Waals surface area contributed by atoms with Gasteiger partial charge in [-0.15, -0.1) is 0 Å². The fraction of sp³-hybridized carbons (Fsp3) is 0.556. The summed E-state index contributed by atoms with van der Waals surface area (Å²) >= 11 is 0. The number of ether oxygens (including phenoxy) is 1. The number of nitrogens with zero attached hydrogens (tertiary/aromatic N) is 2. The molecule has 0 aliphatic heterocycles. The number of rotatable bonds is 4. The first-order chi connectivity index (χ1) is 6.22. The first-order valence-corrected chi connectivity index (χ1v) is 4.27. The van der Waals surface area contributed by atoms with Crippen LogP contribution in [-0.2, 0) is 17.8 Å². The fourth-order valence-electron chi connectivity index (χ4n) is 1.08. The first-order valence-electron chi connectivity index (χ1n) is 4.27. The standard InChI is InChI=1S/C9H15N3O/c1-7(10)5-8-3-4-11-9(12-8)6-13-2/h3-4,7H,5-6,10H2,1-2H3. The van der Waals surface area contributed by atoms with Crippen molar-refractivity contribution < 1.29 is 4.74 Å². The van der Waals surface area contributed by atoms with Gasteiger partial charge in [-0.05, 0) is 13.0 Å². The lowest BCUT2D eigenvalue weighted by Gasteiger charge is -2.05. The van der Waals surface area contributed by atoms with Gasteiger partial charge in [0.2, 0.25) is 0 Å². The lowest BCUT2D eigenvalue weighted by atomic mass is 10.2. The Kier molecular flexibility index (Phi) is 3.79. The largest absolute Gasteiger partial charge is 0.377 e. The van der Waals surface area contributed by atoms with Crippen molar-refractivity contribution >= 4 is 0 Å². The van der Waals surface area contributed by atoms with Crippen LogP contribution >= 0.6 is 0 Å². The molecule has 1 aromatic heterocycles. The minimum Gasteiger partial charge on any atom is -0.377 e. The second-order valence-corrected chi connectivity index (χ2v) is 3.08. The van der Waals surface area contributed by atoms with Gasteiger partial charge in [-0.2, -0.15) is 0 Å². The van der Waals surface area contributed by atoms with Crippen molar-refractivity contribution in [1.29, 1.82) is 0 Å². The minimum absolute atomic E-state index is 0.130. The number of aromatic nitrogens is 2. The molecule has 4 heteroatoms. The first kappa shape index (κ1) is 10.1. The van der Waals surface area contributed by atoms with Crippen molar-refractivity contribution in [2.24, 2.45) is 5.73 Å². The van der Waals surface area contributed by atoms with E-state index in [1.165, 1.54) is 0 Å². The molecule has 1 aromatic rings. The molecular weight excluding hydrogens is 166 g/mol. The summed E-state index contributed by atoms with van der Waals surface area (Å²) in [4.78, 5) is 8.35. The average Bonchev–Trinajstić information content (AvgIpc) is 2.04. The van der Waals surface area contributed by atoms with Crippen LogP contribution in [0.25, 0.3) is 0 Å². The van der Waals surface area contributed by atoms with Gasteiger partial charge < -0.3 is 10.5 Å². The molecule has 4 nitrogen and oxygen atoms in total. The fourth-order valence-corrected chi connectivity index (χ4v) is 1.08. The molecule has 0 aliphatic rings. The summed E-state index contributed by atoms with van der Waals surface area (Å²) in [5.74, 6) is 0.709. The van der Waals surface area contributed by atoms with Crippen molar-refractivity contribution in [2.75, 3.05) is 7.11 Å². The molecule has 1 rings (SSSR count). The Balaban J connectivity index is 2.67. The topological polar surface area (TPSA) is 61.0 Å². The van der Waals surface area contributed by atoms with Crippen LogP contribution in [0.3, 0.4) is 0 Å². The Morgan fingerprint density at radius 1 is 1.62 bits per heavy atom. The SMILES string of the molecule is COCc1nccc(CC(C)N)n1. The summed E-state index contributed by atoms with van der Waals surface area (Å²) < 4.78 is 4.93. The van der Waals surface area contributed by atoms with Gasteiger partial charge >= 0.3 is 0 Å². The Morgan fingerprint density at radius 2 is 2.38 bits per heavy atom. The molecule has 0 bridgehead atoms. The van der Waals surface area contributed by atoms with E-state index in [-0.39, 0.29) is 6.04 Å². The molecule has 13 heavy (non-hydrogen) atoms. The van der Waals surface area contributed by atoms with Crippen molar-refractivity contribution in [2.45, 2.75) is 26.0 Å². The van der Waals surface area contributed by atoms with Gasteiger partial charge in [0.25, 0.3) is 0 Å². The van der Waals surface area contributed by atoms with Gasteiger partial charge in [0.15, 0.2) is 5.82 Å². The maximum atomic E-state index is 5.66. The van der Waals surface area contributed by atoms with E-state index in [2.05, 4.69) is 9.97 Å². The van der Waals surface area contributed by atoms with E-state index in [1.54, 1.807) is 13.3 Å². The molecule has 1 atom stereocenters. The highest BCUT2D eigenvalue weighted by Gasteiger charge is 2.01. The molecule has 0 amide bonds. The van der Waals surface area contributed by atoms with E-state index in [0.29, 0.717) is 12.4 Å². The Morgan fingerprint density at radius 3 is 3.00 bits per heavy atom. The van der Waals surface area contributed by atoms with Gasteiger partial charge in [0.05, 0.1) is 0 Å². The monoisotopic (exact) mass is 181 g/mol. The molecule has 0 aliphatic carbocycles. The molecular formula is C9H15N3O. The molecule has 0 aromatic carbocycles. The minimum atomic E-state index is 0.130. The van der Waals surface area contributed by atoms with Crippen LogP contribution in [0.15, 0.2) is 12.3 Å². The predicted molar refractivity (Wildman–Crippen MR) is 50.1 cm³/mol. The highest BCUT2D eigenvalue weighted by Crippen LogP contribution is 1.99. The van der Waals surface area contributed by atoms with Crippen LogP contribution in [-0.4, -0.2) is 23.1 Å². The highest BCUT2D eigenvalue weighted by molar-refractivity contribution is 5.03. The zero-order valence-corrected chi connectivity index (χ0v) is 8.03. The highest BCUT2D eigenvalue weighted by atomic mass is 16.5. The van der Waals surface area contributed by atoms with Crippen LogP contribution in [0.4, 0.5) is 0 Å². The maximum absolute atomic E-state index is 5.66. The van der Waals surface area contributed by atoms with Crippen LogP contribution in [0.5, 0.6) is 0 Å². The molecule has 0 radical (unpaired) electrons. The average molecular weight is 181 g/mol. The van der Waals surface area contributed by atoms with Crippen LogP contribution in [0, 0.1) is 0 Å². The summed E-state index contributed by atoms with van der Waals surface area (Å²) in [7, 11) is 1.63. The Labute approximate surface area is 78.1 Å². The van der Waals surface area contributed by atoms with Gasteiger partial charge in [0, 0.05) is 31.5 Å². The molecule has 1 heterocycles. The second-order valence-electron chi connectivity index (χ2n) is 3.08. The van der Waals surface area contributed by atoms with E-state index in [9.17, 15) is 0 Å². The molecule has 2 N–H and O–H groups in total. The zero-order chi connectivity index (χ0) is 9.68. The van der Waals surface area contributed by atoms with Crippen molar-refractivity contribution in [3.05, 3.63) is 23.8 Å². The third-order valence-corrected chi connectivity index (χ3v) is 1.57. The summed E-state index contributed by atoms with van der Waals surface area (Å²) in [6.07, 6.45) is 2.51. The van der Waals surface area contributed by atoms with Crippen LogP contribution in [0.1, 0.15) is 18.4 Å². The summed E-state index contributed by atoms with van der Waals surface area (Å²) in [6, 6.07) is 2.01. The number of nitrogens with two attached hydrogens (primary N) is 1. The number of methoxy groups -OCH3 is 1. The van der Waals surface area contributed by atoms with E-state index < -0.39 is 0 Å². The molecule has 72 valence electrons. The quantitative estimate of drug-likeness (QED) is 0.735. The number of hydrogen-bond acceptors (Lipinski definition) is 4. The molecule has 0 fully saturated rings. The third kappa shape index (κ3) is 3.48.